The van der Waals surface area contributed by atoms with Gasteiger partial charge in [-0.1, -0.05) is 30.3 Å². The molecule has 5 aromatic rings. The summed E-state index contributed by atoms with van der Waals surface area (Å²) in [5.41, 5.74) is 4.49. The van der Waals surface area contributed by atoms with E-state index in [1.165, 1.54) is 0 Å². The van der Waals surface area contributed by atoms with E-state index in [0.717, 1.165) is 39.4 Å². The van der Waals surface area contributed by atoms with Gasteiger partial charge in [0, 0.05) is 29.0 Å². The number of aryl methyl sites for hydroxylation is 1. The highest BCUT2D eigenvalue weighted by Crippen LogP contribution is 2.26. The van der Waals surface area contributed by atoms with Crippen LogP contribution < -0.4 is 5.32 Å². The molecule has 3 heterocycles. The van der Waals surface area contributed by atoms with Crippen LogP contribution in [0.3, 0.4) is 0 Å². The Morgan fingerprint density at radius 2 is 1.69 bits per heavy atom. The third-order valence-corrected chi connectivity index (χ3v) is 4.54. The van der Waals surface area contributed by atoms with Gasteiger partial charge in [0.05, 0.1) is 11.4 Å². The summed E-state index contributed by atoms with van der Waals surface area (Å²) in [4.78, 5) is 17.9. The third kappa shape index (κ3) is 3.41. The zero-order chi connectivity index (χ0) is 19.6. The number of nitrogens with one attached hydrogen (secondary N) is 1. The summed E-state index contributed by atoms with van der Waals surface area (Å²) < 4.78 is 1.74. The van der Waals surface area contributed by atoms with E-state index in [1.807, 2.05) is 73.8 Å². The minimum Gasteiger partial charge on any atom is -0.324 e. The van der Waals surface area contributed by atoms with Crippen molar-refractivity contribution in [3.8, 4) is 16.9 Å². The van der Waals surface area contributed by atoms with E-state index in [4.69, 9.17) is 4.98 Å². The molecular formula is C22H17N7. The second-order valence-electron chi connectivity index (χ2n) is 6.57. The Morgan fingerprint density at radius 1 is 0.862 bits per heavy atom. The van der Waals surface area contributed by atoms with E-state index in [9.17, 15) is 0 Å². The lowest BCUT2D eigenvalue weighted by atomic mass is 10.1. The molecule has 5 rings (SSSR count). The number of aromatic nitrogens is 6. The largest absolute Gasteiger partial charge is 0.324 e. The summed E-state index contributed by atoms with van der Waals surface area (Å²) >= 11 is 0. The van der Waals surface area contributed by atoms with Crippen LogP contribution in [0.5, 0.6) is 0 Å². The van der Waals surface area contributed by atoms with Crippen LogP contribution in [0, 0.1) is 6.92 Å². The van der Waals surface area contributed by atoms with Crippen molar-refractivity contribution in [2.24, 2.45) is 0 Å². The number of hydrogen-bond acceptors (Lipinski definition) is 6. The van der Waals surface area contributed by atoms with E-state index in [0.29, 0.717) is 5.95 Å². The minimum atomic E-state index is 0.520. The van der Waals surface area contributed by atoms with Gasteiger partial charge < -0.3 is 5.32 Å². The van der Waals surface area contributed by atoms with E-state index < -0.39 is 0 Å². The summed E-state index contributed by atoms with van der Waals surface area (Å²) in [7, 11) is 0. The molecule has 1 N–H and O–H groups in total. The molecule has 0 aliphatic rings. The fraction of sp³-hybridized carbons (Fsp3) is 0.0455. The van der Waals surface area contributed by atoms with Crippen molar-refractivity contribution < 1.29 is 0 Å². The second-order valence-corrected chi connectivity index (χ2v) is 6.57. The molecule has 0 aliphatic carbocycles. The van der Waals surface area contributed by atoms with Gasteiger partial charge >= 0.3 is 0 Å². The van der Waals surface area contributed by atoms with Crippen molar-refractivity contribution in [1.82, 2.24) is 29.7 Å². The zero-order valence-electron chi connectivity index (χ0n) is 15.7. The highest BCUT2D eigenvalue weighted by atomic mass is 15.3. The van der Waals surface area contributed by atoms with E-state index in [1.54, 1.807) is 17.2 Å². The normalized spacial score (nSPS) is 10.9. The lowest BCUT2D eigenvalue weighted by Gasteiger charge is -2.09. The smallest absolute Gasteiger partial charge is 0.227 e. The first kappa shape index (κ1) is 17.0. The van der Waals surface area contributed by atoms with Crippen LogP contribution in [-0.4, -0.2) is 29.7 Å². The summed E-state index contributed by atoms with van der Waals surface area (Å²) in [6, 6.07) is 19.8. The number of hydrogen-bond donors (Lipinski definition) is 1. The van der Waals surface area contributed by atoms with Crippen molar-refractivity contribution in [2.75, 3.05) is 5.32 Å². The molecule has 2 aromatic carbocycles. The topological polar surface area (TPSA) is 81.4 Å². The van der Waals surface area contributed by atoms with Crippen LogP contribution in [0.1, 0.15) is 5.82 Å². The molecule has 0 radical (unpaired) electrons. The molecule has 0 saturated heterocycles. The van der Waals surface area contributed by atoms with Crippen molar-refractivity contribution in [3.63, 3.8) is 0 Å². The summed E-state index contributed by atoms with van der Waals surface area (Å²) in [6.07, 6.45) is 5.29. The molecular weight excluding hydrogens is 362 g/mol. The molecule has 0 bridgehead atoms. The molecule has 0 amide bonds. The number of fused-ring (bicyclic) bond motifs is 1. The zero-order valence-corrected chi connectivity index (χ0v) is 15.7. The summed E-state index contributed by atoms with van der Waals surface area (Å²) in [6.45, 7) is 1.86. The van der Waals surface area contributed by atoms with Crippen molar-refractivity contribution in [3.05, 3.63) is 85.2 Å². The molecule has 0 aliphatic heterocycles. The molecule has 29 heavy (non-hydrogen) atoms. The first-order valence-electron chi connectivity index (χ1n) is 9.19. The van der Waals surface area contributed by atoms with Gasteiger partial charge in [-0.15, -0.1) is 0 Å². The van der Waals surface area contributed by atoms with E-state index in [2.05, 4.69) is 25.4 Å². The number of nitrogens with zero attached hydrogens (tertiary/aromatic N) is 6. The van der Waals surface area contributed by atoms with Gasteiger partial charge in [-0.3, -0.25) is 4.98 Å². The second kappa shape index (κ2) is 7.12. The first-order chi connectivity index (χ1) is 14.3. The Kier molecular flexibility index (Phi) is 4.18. The van der Waals surface area contributed by atoms with Gasteiger partial charge in [0.1, 0.15) is 17.7 Å². The van der Waals surface area contributed by atoms with Crippen LogP contribution in [0.2, 0.25) is 0 Å². The highest BCUT2D eigenvalue weighted by molar-refractivity contribution is 5.91. The van der Waals surface area contributed by atoms with Crippen LogP contribution in [0.4, 0.5) is 11.6 Å². The van der Waals surface area contributed by atoms with Gasteiger partial charge in [-0.2, -0.15) is 5.10 Å². The van der Waals surface area contributed by atoms with Gasteiger partial charge in [-0.05, 0) is 37.3 Å². The number of pyridine rings is 1. The molecule has 0 unspecified atom stereocenters. The molecule has 0 saturated carbocycles. The average Bonchev–Trinajstić information content (AvgIpc) is 3.21. The predicted octanol–water partition coefficient (Wildman–Crippen LogP) is 4.32. The maximum atomic E-state index is 4.72. The number of benzene rings is 2. The van der Waals surface area contributed by atoms with Gasteiger partial charge in [0.25, 0.3) is 0 Å². The van der Waals surface area contributed by atoms with Gasteiger partial charge in [0.2, 0.25) is 5.95 Å². The lowest BCUT2D eigenvalue weighted by Crippen LogP contribution is -2.00. The van der Waals surface area contributed by atoms with Crippen LogP contribution in [0.25, 0.3) is 27.8 Å². The number of rotatable bonds is 4. The Hall–Kier alpha value is -4.13. The molecule has 3 aromatic heterocycles. The van der Waals surface area contributed by atoms with Crippen LogP contribution in [0.15, 0.2) is 79.4 Å². The molecule has 140 valence electrons. The maximum Gasteiger partial charge on any atom is 0.227 e. The van der Waals surface area contributed by atoms with Crippen molar-refractivity contribution in [1.29, 1.82) is 0 Å². The van der Waals surface area contributed by atoms with Crippen LogP contribution in [-0.2, 0) is 0 Å². The molecule has 0 fully saturated rings. The molecule has 0 atom stereocenters. The molecule has 7 heteroatoms. The maximum absolute atomic E-state index is 4.72. The highest BCUT2D eigenvalue weighted by Gasteiger charge is 2.09. The fourth-order valence-electron chi connectivity index (χ4n) is 3.12. The van der Waals surface area contributed by atoms with E-state index in [-0.39, 0.29) is 0 Å². The average molecular weight is 379 g/mol. The first-order valence-corrected chi connectivity index (χ1v) is 9.19. The SMILES string of the molecule is Cc1ncn(-c2ccc(Nc3ncc4ccnc(-c5ccccc5)c4n3)cc2)n1. The minimum absolute atomic E-state index is 0.520. The van der Waals surface area contributed by atoms with E-state index >= 15 is 0 Å². The van der Waals surface area contributed by atoms with Crippen LogP contribution >= 0.6 is 0 Å². The summed E-state index contributed by atoms with van der Waals surface area (Å²) in [5, 5.41) is 8.53. The summed E-state index contributed by atoms with van der Waals surface area (Å²) in [5.74, 6) is 1.26. The standard InChI is InChI=1S/C22H17N7/c1-15-25-14-29(28-15)19-9-7-18(8-10-19)26-22-24-13-17-11-12-23-20(21(17)27-22)16-5-3-2-4-6-16/h2-14H,1H3,(H,24,26,27). The Morgan fingerprint density at radius 3 is 2.45 bits per heavy atom. The Balaban J connectivity index is 1.46. The van der Waals surface area contributed by atoms with Crippen molar-refractivity contribution in [2.45, 2.75) is 6.92 Å². The van der Waals surface area contributed by atoms with Crippen molar-refractivity contribution >= 4 is 22.5 Å². The number of anilines is 2. The van der Waals surface area contributed by atoms with Gasteiger partial charge in [-0.25, -0.2) is 19.6 Å². The third-order valence-electron chi connectivity index (χ3n) is 4.54. The molecule has 0 spiro atoms. The lowest BCUT2D eigenvalue weighted by molar-refractivity contribution is 0.863. The Labute approximate surface area is 167 Å². The monoisotopic (exact) mass is 379 g/mol. The predicted molar refractivity (Wildman–Crippen MR) is 112 cm³/mol. The fourth-order valence-corrected chi connectivity index (χ4v) is 3.12. The quantitative estimate of drug-likeness (QED) is 0.501. The Bertz CT molecular complexity index is 1280. The van der Waals surface area contributed by atoms with Gasteiger partial charge in [0.15, 0.2) is 0 Å². The molecule has 7 nitrogen and oxygen atoms in total.